The molecule has 5 nitrogen and oxygen atoms in total. The molecule has 1 N–H and O–H groups in total. The summed E-state index contributed by atoms with van der Waals surface area (Å²) in [5, 5.41) is 4.28. The van der Waals surface area contributed by atoms with Crippen LogP contribution in [-0.2, 0) is 9.47 Å². The Morgan fingerprint density at radius 3 is 2.37 bits per heavy atom. The smallest absolute Gasteiger partial charge is 0.338 e. The molecule has 2 bridgehead atoms. The molecule has 2 aromatic carbocycles. The van der Waals surface area contributed by atoms with Crippen molar-refractivity contribution in [2.24, 2.45) is 17.8 Å². The van der Waals surface area contributed by atoms with Gasteiger partial charge in [-0.3, -0.25) is 0 Å². The quantitative estimate of drug-likeness (QED) is 0.684. The second-order valence-electron chi connectivity index (χ2n) is 8.55. The fourth-order valence-corrected chi connectivity index (χ4v) is 6.34. The molecule has 0 spiro atoms. The van der Waals surface area contributed by atoms with Crippen LogP contribution in [0.15, 0.2) is 36.4 Å². The van der Waals surface area contributed by atoms with Crippen molar-refractivity contribution in [3.8, 4) is 0 Å². The lowest BCUT2D eigenvalue weighted by Crippen LogP contribution is -2.36. The molecular weight excluding hydrogens is 402 g/mol. The van der Waals surface area contributed by atoms with Gasteiger partial charge >= 0.3 is 11.9 Å². The van der Waals surface area contributed by atoms with E-state index in [0.29, 0.717) is 33.9 Å². The highest BCUT2D eigenvalue weighted by Crippen LogP contribution is 2.64. The van der Waals surface area contributed by atoms with Crippen LogP contribution in [0.2, 0.25) is 5.02 Å². The first-order valence-corrected chi connectivity index (χ1v) is 10.8. The zero-order valence-corrected chi connectivity index (χ0v) is 17.7. The van der Waals surface area contributed by atoms with Crippen LogP contribution in [0.5, 0.6) is 0 Å². The van der Waals surface area contributed by atoms with Gasteiger partial charge in [0.2, 0.25) is 0 Å². The summed E-state index contributed by atoms with van der Waals surface area (Å²) in [6.07, 6.45) is 3.58. The van der Waals surface area contributed by atoms with Crippen molar-refractivity contribution in [1.29, 1.82) is 0 Å². The fourth-order valence-electron chi connectivity index (χ4n) is 6.12. The Hall–Kier alpha value is -2.53. The summed E-state index contributed by atoms with van der Waals surface area (Å²) in [6.45, 7) is 0. The number of ether oxygens (including phenoxy) is 2. The van der Waals surface area contributed by atoms with Crippen molar-refractivity contribution in [3.05, 3.63) is 63.7 Å². The van der Waals surface area contributed by atoms with E-state index in [1.54, 1.807) is 12.1 Å². The Labute approximate surface area is 180 Å². The summed E-state index contributed by atoms with van der Waals surface area (Å²) in [5.74, 6) is 1.16. The van der Waals surface area contributed by atoms with Crippen molar-refractivity contribution in [2.75, 3.05) is 19.5 Å². The molecule has 5 rings (SSSR count). The Bertz CT molecular complexity index is 1020. The van der Waals surface area contributed by atoms with E-state index >= 15 is 0 Å². The predicted molar refractivity (Wildman–Crippen MR) is 114 cm³/mol. The van der Waals surface area contributed by atoms with Crippen LogP contribution in [0, 0.1) is 17.8 Å². The monoisotopic (exact) mass is 425 g/mol. The van der Waals surface area contributed by atoms with Gasteiger partial charge in [-0.15, -0.1) is 0 Å². The Kier molecular flexibility index (Phi) is 4.73. The fraction of sp³-hybridized carbons (Fsp3) is 0.417. The maximum Gasteiger partial charge on any atom is 0.338 e. The van der Waals surface area contributed by atoms with Crippen LogP contribution in [-0.4, -0.2) is 26.2 Å². The van der Waals surface area contributed by atoms with Gasteiger partial charge in [-0.1, -0.05) is 23.7 Å². The number of carbonyl (C=O) groups is 2. The lowest BCUT2D eigenvalue weighted by Gasteiger charge is -2.44. The number of anilines is 1. The third-order valence-electron chi connectivity index (χ3n) is 7.29. The molecule has 1 aliphatic heterocycles. The summed E-state index contributed by atoms with van der Waals surface area (Å²) in [5.41, 5.74) is 4.14. The third kappa shape index (κ3) is 2.83. The molecule has 0 amide bonds. The van der Waals surface area contributed by atoms with E-state index < -0.39 is 0 Å². The molecule has 5 atom stereocenters. The van der Waals surface area contributed by atoms with E-state index in [2.05, 4.69) is 5.32 Å². The van der Waals surface area contributed by atoms with E-state index in [9.17, 15) is 9.59 Å². The largest absolute Gasteiger partial charge is 0.465 e. The van der Waals surface area contributed by atoms with Crippen molar-refractivity contribution in [3.63, 3.8) is 0 Å². The van der Waals surface area contributed by atoms with E-state index in [1.807, 2.05) is 24.3 Å². The number of fused-ring (bicyclic) bond motifs is 7. The molecule has 2 aromatic rings. The van der Waals surface area contributed by atoms with Crippen molar-refractivity contribution in [2.45, 2.75) is 31.2 Å². The number of benzene rings is 2. The highest BCUT2D eigenvalue weighted by molar-refractivity contribution is 6.33. The second-order valence-corrected chi connectivity index (χ2v) is 8.95. The summed E-state index contributed by atoms with van der Waals surface area (Å²) >= 11 is 6.62. The Morgan fingerprint density at radius 1 is 0.967 bits per heavy atom. The molecule has 6 heteroatoms. The lowest BCUT2D eigenvalue weighted by atomic mass is 9.67. The molecule has 2 saturated carbocycles. The Balaban J connectivity index is 1.62. The predicted octanol–water partition coefficient (Wildman–Crippen LogP) is 5.21. The molecule has 1 heterocycles. The van der Waals surface area contributed by atoms with Gasteiger partial charge in [0.1, 0.15) is 0 Å². The van der Waals surface area contributed by atoms with Crippen LogP contribution >= 0.6 is 11.6 Å². The minimum absolute atomic E-state index is 0.0786. The van der Waals surface area contributed by atoms with Crippen molar-refractivity contribution >= 4 is 29.2 Å². The molecule has 30 heavy (non-hydrogen) atoms. The second kappa shape index (κ2) is 7.31. The SMILES string of the molecule is COC(=O)c1ccc([C@@H]2Nc3c(Cl)ccc(C(=O)OC)c3[C@H]3[C@H]4CC[C@@H](C4)[C@@H]32)cc1. The number of nitrogens with one attached hydrogen (secondary N) is 1. The summed E-state index contributed by atoms with van der Waals surface area (Å²) in [6, 6.07) is 11.3. The molecule has 0 aromatic heterocycles. The zero-order valence-electron chi connectivity index (χ0n) is 17.0. The molecule has 3 aliphatic rings. The molecule has 156 valence electrons. The van der Waals surface area contributed by atoms with Gasteiger partial charge in [0.15, 0.2) is 0 Å². The van der Waals surface area contributed by atoms with Gasteiger partial charge in [-0.05, 0) is 78.3 Å². The summed E-state index contributed by atoms with van der Waals surface area (Å²) < 4.78 is 9.90. The molecule has 2 aliphatic carbocycles. The average molecular weight is 426 g/mol. The number of methoxy groups -OCH3 is 2. The van der Waals surface area contributed by atoms with Gasteiger partial charge in [0.25, 0.3) is 0 Å². The van der Waals surface area contributed by atoms with Gasteiger partial charge in [-0.25, -0.2) is 9.59 Å². The first-order valence-electron chi connectivity index (χ1n) is 10.4. The van der Waals surface area contributed by atoms with Gasteiger partial charge in [0.05, 0.1) is 42.1 Å². The standard InChI is InChI=1S/C24H24ClNO4/c1-29-23(27)13-5-3-12(4-6-13)21-19-15-8-7-14(11-15)18(19)20-16(24(28)30-2)9-10-17(25)22(20)26-21/h3-6,9-10,14-15,18-19,21,26H,7-8,11H2,1-2H3/t14-,15-,18-,19-,21-/m0/s1. The maximum atomic E-state index is 12.5. The van der Waals surface area contributed by atoms with Crippen LogP contribution in [0.25, 0.3) is 0 Å². The van der Waals surface area contributed by atoms with E-state index in [4.69, 9.17) is 21.1 Å². The number of carbonyl (C=O) groups excluding carboxylic acids is 2. The van der Waals surface area contributed by atoms with Crippen LogP contribution in [0.4, 0.5) is 5.69 Å². The number of esters is 2. The Morgan fingerprint density at radius 2 is 1.67 bits per heavy atom. The van der Waals surface area contributed by atoms with Gasteiger partial charge in [-0.2, -0.15) is 0 Å². The average Bonchev–Trinajstić information content (AvgIpc) is 3.41. The highest BCUT2D eigenvalue weighted by atomic mass is 35.5. The number of rotatable bonds is 3. The first kappa shape index (κ1) is 19.4. The zero-order chi connectivity index (χ0) is 21.0. The normalized spacial score (nSPS) is 28.3. The summed E-state index contributed by atoms with van der Waals surface area (Å²) in [4.78, 5) is 24.4. The molecule has 2 fully saturated rings. The number of hydrogen-bond acceptors (Lipinski definition) is 5. The minimum atomic E-state index is -0.341. The minimum Gasteiger partial charge on any atom is -0.465 e. The number of halogens is 1. The van der Waals surface area contributed by atoms with Crippen LogP contribution in [0.1, 0.15) is 63.1 Å². The third-order valence-corrected chi connectivity index (χ3v) is 7.60. The topological polar surface area (TPSA) is 64.6 Å². The maximum absolute atomic E-state index is 12.5. The molecule has 0 saturated heterocycles. The number of hydrogen-bond donors (Lipinski definition) is 1. The molecular formula is C24H24ClNO4. The van der Waals surface area contributed by atoms with Crippen LogP contribution in [0.3, 0.4) is 0 Å². The van der Waals surface area contributed by atoms with Crippen molar-refractivity contribution < 1.29 is 19.1 Å². The molecule has 0 radical (unpaired) electrons. The summed E-state index contributed by atoms with van der Waals surface area (Å²) in [7, 11) is 2.81. The lowest BCUT2D eigenvalue weighted by molar-refractivity contribution is 0.0590. The van der Waals surface area contributed by atoms with Gasteiger partial charge < -0.3 is 14.8 Å². The highest BCUT2D eigenvalue weighted by Gasteiger charge is 2.55. The van der Waals surface area contributed by atoms with E-state index in [0.717, 1.165) is 16.8 Å². The van der Waals surface area contributed by atoms with Gasteiger partial charge in [0, 0.05) is 0 Å². The van der Waals surface area contributed by atoms with Crippen LogP contribution < -0.4 is 5.32 Å². The molecule has 0 unspecified atom stereocenters. The van der Waals surface area contributed by atoms with E-state index in [1.165, 1.54) is 33.5 Å². The van der Waals surface area contributed by atoms with E-state index in [-0.39, 0.29) is 23.9 Å². The first-order chi connectivity index (χ1) is 14.5. The van der Waals surface area contributed by atoms with Crippen molar-refractivity contribution in [1.82, 2.24) is 0 Å².